The maximum Gasteiger partial charge on any atom is 0.443 e. The second-order valence-electron chi connectivity index (χ2n) is 7.61. The number of nitrogens with one attached hydrogen (secondary N) is 1. The van der Waals surface area contributed by atoms with E-state index in [-0.39, 0.29) is 18.8 Å². The highest BCUT2D eigenvalue weighted by Gasteiger charge is 2.46. The van der Waals surface area contributed by atoms with E-state index in [0.717, 1.165) is 5.38 Å². The van der Waals surface area contributed by atoms with Crippen molar-refractivity contribution in [2.75, 3.05) is 26.8 Å². The second kappa shape index (κ2) is 8.24. The third-order valence-corrected chi connectivity index (χ3v) is 5.07. The second-order valence-corrected chi connectivity index (χ2v) is 8.47. The summed E-state index contributed by atoms with van der Waals surface area (Å²) in [4.78, 5) is 29.7. The van der Waals surface area contributed by atoms with E-state index in [1.165, 1.54) is 12.0 Å². The predicted molar refractivity (Wildman–Crippen MR) is 96.2 cm³/mol. The van der Waals surface area contributed by atoms with Crippen LogP contribution in [0.3, 0.4) is 0 Å². The highest BCUT2D eigenvalue weighted by molar-refractivity contribution is 7.09. The van der Waals surface area contributed by atoms with Crippen LogP contribution in [-0.4, -0.2) is 59.8 Å². The number of nitrogens with zero attached hydrogens (tertiary/aromatic N) is 2. The Hall–Kier alpha value is -1.88. The van der Waals surface area contributed by atoms with Gasteiger partial charge in [-0.05, 0) is 33.6 Å². The number of alkyl halides is 3. The first-order chi connectivity index (χ1) is 12.9. The van der Waals surface area contributed by atoms with E-state index in [0.29, 0.717) is 30.7 Å². The normalized spacial score (nSPS) is 20.3. The first-order valence-electron chi connectivity index (χ1n) is 8.68. The number of ether oxygens (including phenoxy) is 2. The molecule has 2 amide bonds. The monoisotopic (exact) mass is 423 g/mol. The fraction of sp³-hybridized carbons (Fsp3) is 0.706. The molecule has 28 heavy (non-hydrogen) atoms. The molecule has 1 fully saturated rings. The highest BCUT2D eigenvalue weighted by atomic mass is 32.1. The van der Waals surface area contributed by atoms with Crippen molar-refractivity contribution >= 4 is 23.3 Å². The number of carbonyl (C=O) groups excluding carboxylic acids is 2. The number of methoxy groups -OCH3 is 1. The van der Waals surface area contributed by atoms with Gasteiger partial charge in [0.2, 0.25) is 0 Å². The smallest absolute Gasteiger partial charge is 0.443 e. The lowest BCUT2D eigenvalue weighted by atomic mass is 9.97. The summed E-state index contributed by atoms with van der Waals surface area (Å²) in [6, 6.07) is 0. The van der Waals surface area contributed by atoms with Gasteiger partial charge < -0.3 is 14.8 Å². The molecule has 0 spiro atoms. The van der Waals surface area contributed by atoms with E-state index in [9.17, 15) is 22.8 Å². The summed E-state index contributed by atoms with van der Waals surface area (Å²) in [5.74, 6) is -0.738. The summed E-state index contributed by atoms with van der Waals surface area (Å²) in [6.45, 7) is 5.85. The highest BCUT2D eigenvalue weighted by Crippen LogP contribution is 2.33. The third kappa shape index (κ3) is 5.34. The van der Waals surface area contributed by atoms with Crippen LogP contribution < -0.4 is 5.32 Å². The van der Waals surface area contributed by atoms with Gasteiger partial charge >= 0.3 is 12.3 Å². The largest absolute Gasteiger partial charge is 0.444 e. The summed E-state index contributed by atoms with van der Waals surface area (Å²) >= 11 is 0.358. The minimum absolute atomic E-state index is 0.0117. The molecule has 0 saturated carbocycles. The van der Waals surface area contributed by atoms with Crippen molar-refractivity contribution in [1.82, 2.24) is 15.2 Å². The van der Waals surface area contributed by atoms with Crippen LogP contribution in [0, 0.1) is 0 Å². The number of carbonyl (C=O) groups is 2. The molecule has 158 valence electrons. The first-order valence-corrected chi connectivity index (χ1v) is 9.56. The van der Waals surface area contributed by atoms with E-state index < -0.39 is 34.3 Å². The fourth-order valence-electron chi connectivity index (χ4n) is 3.04. The molecule has 1 saturated heterocycles. The molecular weight excluding hydrogens is 399 g/mol. The summed E-state index contributed by atoms with van der Waals surface area (Å²) in [5.41, 5.74) is -1.84. The van der Waals surface area contributed by atoms with Gasteiger partial charge in [0.1, 0.15) is 11.3 Å². The predicted octanol–water partition coefficient (Wildman–Crippen LogP) is 3.31. The van der Waals surface area contributed by atoms with Gasteiger partial charge in [-0.15, -0.1) is 11.3 Å². The van der Waals surface area contributed by atoms with Gasteiger partial charge in [-0.1, -0.05) is 0 Å². The zero-order valence-corrected chi connectivity index (χ0v) is 17.0. The molecule has 0 aromatic carbocycles. The van der Waals surface area contributed by atoms with Crippen molar-refractivity contribution < 1.29 is 32.2 Å². The Morgan fingerprint density at radius 1 is 1.36 bits per heavy atom. The zero-order valence-electron chi connectivity index (χ0n) is 16.2. The molecule has 1 atom stereocenters. The van der Waals surface area contributed by atoms with Crippen LogP contribution in [-0.2, 0) is 15.7 Å². The van der Waals surface area contributed by atoms with Crippen molar-refractivity contribution in [1.29, 1.82) is 0 Å². The number of halogens is 3. The summed E-state index contributed by atoms with van der Waals surface area (Å²) in [7, 11) is 1.48. The number of amides is 2. The summed E-state index contributed by atoms with van der Waals surface area (Å²) in [5, 5.41) is 2.56. The van der Waals surface area contributed by atoms with E-state index in [4.69, 9.17) is 9.47 Å². The van der Waals surface area contributed by atoms with Gasteiger partial charge in [0.05, 0.1) is 12.1 Å². The number of thiazole rings is 1. The third-order valence-electron chi connectivity index (χ3n) is 4.18. The van der Waals surface area contributed by atoms with Crippen molar-refractivity contribution in [3.8, 4) is 0 Å². The van der Waals surface area contributed by atoms with Crippen LogP contribution >= 0.6 is 11.3 Å². The van der Waals surface area contributed by atoms with E-state index in [2.05, 4.69) is 10.3 Å². The van der Waals surface area contributed by atoms with Crippen molar-refractivity contribution in [3.05, 3.63) is 16.1 Å². The number of hydrogen-bond donors (Lipinski definition) is 1. The molecule has 1 aliphatic heterocycles. The average molecular weight is 423 g/mol. The molecule has 1 unspecified atom stereocenters. The van der Waals surface area contributed by atoms with Crippen LogP contribution in [0.2, 0.25) is 0 Å². The van der Waals surface area contributed by atoms with Crippen LogP contribution in [0.4, 0.5) is 18.0 Å². The summed E-state index contributed by atoms with van der Waals surface area (Å²) in [6.07, 6.45) is -3.87. The topological polar surface area (TPSA) is 80.8 Å². The van der Waals surface area contributed by atoms with Gasteiger partial charge in [0.15, 0.2) is 5.01 Å². The van der Waals surface area contributed by atoms with Crippen LogP contribution in [0.25, 0.3) is 0 Å². The first kappa shape index (κ1) is 22.4. The number of rotatable bonds is 5. The van der Waals surface area contributed by atoms with Crippen LogP contribution in [0.15, 0.2) is 5.38 Å². The Bertz CT molecular complexity index is 717. The van der Waals surface area contributed by atoms with Crippen molar-refractivity contribution in [2.45, 2.75) is 50.9 Å². The molecule has 2 heterocycles. The number of likely N-dealkylation sites (tertiary alicyclic amines) is 1. The van der Waals surface area contributed by atoms with Gasteiger partial charge in [0.25, 0.3) is 5.91 Å². The molecule has 0 bridgehead atoms. The SMILES string of the molecule is COCC1(CNC(=O)c2csc(C(F)(F)F)n2)CCCN1C(=O)OC(C)(C)C. The molecule has 7 nitrogen and oxygen atoms in total. The van der Waals surface area contributed by atoms with E-state index in [1.807, 2.05) is 0 Å². The van der Waals surface area contributed by atoms with Gasteiger partial charge in [-0.3, -0.25) is 9.69 Å². The lowest BCUT2D eigenvalue weighted by Crippen LogP contribution is -2.57. The lowest BCUT2D eigenvalue weighted by molar-refractivity contribution is -0.137. The van der Waals surface area contributed by atoms with Gasteiger partial charge in [-0.25, -0.2) is 9.78 Å². The molecule has 1 aliphatic rings. The van der Waals surface area contributed by atoms with E-state index >= 15 is 0 Å². The molecule has 11 heteroatoms. The van der Waals surface area contributed by atoms with Crippen LogP contribution in [0.5, 0.6) is 0 Å². The van der Waals surface area contributed by atoms with Crippen molar-refractivity contribution in [3.63, 3.8) is 0 Å². The maximum atomic E-state index is 12.7. The minimum Gasteiger partial charge on any atom is -0.444 e. The van der Waals surface area contributed by atoms with Crippen molar-refractivity contribution in [2.24, 2.45) is 0 Å². The Labute approximate surface area is 165 Å². The Balaban J connectivity index is 2.11. The summed E-state index contributed by atoms with van der Waals surface area (Å²) < 4.78 is 48.7. The Morgan fingerprint density at radius 3 is 2.57 bits per heavy atom. The molecule has 1 aromatic heterocycles. The zero-order chi connectivity index (χ0) is 21.2. The number of hydrogen-bond acceptors (Lipinski definition) is 6. The molecule has 1 aromatic rings. The lowest BCUT2D eigenvalue weighted by Gasteiger charge is -2.38. The Kier molecular flexibility index (Phi) is 6.59. The van der Waals surface area contributed by atoms with Gasteiger partial charge in [-0.2, -0.15) is 13.2 Å². The quantitative estimate of drug-likeness (QED) is 0.786. The molecule has 1 N–H and O–H groups in total. The molecule has 0 aliphatic carbocycles. The fourth-order valence-corrected chi connectivity index (χ4v) is 3.71. The molecule has 2 rings (SSSR count). The Morgan fingerprint density at radius 2 is 2.04 bits per heavy atom. The van der Waals surface area contributed by atoms with E-state index in [1.54, 1.807) is 20.8 Å². The van der Waals surface area contributed by atoms with Gasteiger partial charge in [0, 0.05) is 25.6 Å². The standard InChI is InChI=1S/C17H24F3N3O4S/c1-15(2,3)27-14(25)23-7-5-6-16(23,10-26-4)9-21-12(24)11-8-28-13(22-11)17(18,19)20/h8H,5-7,9-10H2,1-4H3,(H,21,24). The van der Waals surface area contributed by atoms with Crippen LogP contribution in [0.1, 0.15) is 49.1 Å². The minimum atomic E-state index is -4.60. The molecular formula is C17H24F3N3O4S. The number of aromatic nitrogens is 1. The molecule has 0 radical (unpaired) electrons. The average Bonchev–Trinajstić information content (AvgIpc) is 3.18. The maximum absolute atomic E-state index is 12.7.